The van der Waals surface area contributed by atoms with Crippen molar-refractivity contribution in [1.29, 1.82) is 0 Å². The number of fused-ring (bicyclic) bond motifs is 1. The molecule has 0 aliphatic heterocycles. The summed E-state index contributed by atoms with van der Waals surface area (Å²) in [6.07, 6.45) is 0. The van der Waals surface area contributed by atoms with Gasteiger partial charge in [0.25, 0.3) is 5.91 Å². The molecule has 1 atom stereocenters. The van der Waals surface area contributed by atoms with Gasteiger partial charge in [-0.3, -0.25) is 4.79 Å². The number of nitrogens with one attached hydrogen (secondary N) is 2. The summed E-state index contributed by atoms with van der Waals surface area (Å²) < 4.78 is 15.7. The molecule has 0 saturated carbocycles. The Labute approximate surface area is 162 Å². The first kappa shape index (κ1) is 19.3. The molecule has 0 aliphatic rings. The van der Waals surface area contributed by atoms with Crippen LogP contribution in [0, 0.1) is 0 Å². The van der Waals surface area contributed by atoms with Crippen molar-refractivity contribution < 1.29 is 23.8 Å². The Morgan fingerprint density at radius 3 is 2.57 bits per heavy atom. The van der Waals surface area contributed by atoms with Crippen LogP contribution in [0.5, 0.6) is 11.5 Å². The summed E-state index contributed by atoms with van der Waals surface area (Å²) in [4.78, 5) is 27.4. The van der Waals surface area contributed by atoms with E-state index in [1.54, 1.807) is 38.5 Å². The number of carbonyl (C=O) groups is 2. The Hall–Kier alpha value is -3.48. The molecule has 0 unspecified atom stereocenters. The van der Waals surface area contributed by atoms with E-state index in [0.29, 0.717) is 17.2 Å². The summed E-state index contributed by atoms with van der Waals surface area (Å²) in [6, 6.07) is 14.2. The lowest BCUT2D eigenvalue weighted by molar-refractivity contribution is -0.124. The van der Waals surface area contributed by atoms with E-state index in [2.05, 4.69) is 10.3 Å². The van der Waals surface area contributed by atoms with Gasteiger partial charge in [0.1, 0.15) is 17.2 Å². The minimum Gasteiger partial charge on any atom is -0.497 e. The molecule has 146 valence electrons. The topological polar surface area (TPSA) is 89.7 Å². The van der Waals surface area contributed by atoms with Gasteiger partial charge in [0.2, 0.25) is 0 Å². The number of benzene rings is 2. The van der Waals surface area contributed by atoms with Crippen molar-refractivity contribution in [2.75, 3.05) is 20.8 Å². The Balaban J connectivity index is 1.60. The van der Waals surface area contributed by atoms with E-state index >= 15 is 0 Å². The zero-order chi connectivity index (χ0) is 20.1. The SMILES string of the molecule is COc1ccc(OC)c([C@H](C)NC(=O)COC(=O)c2cc3ccccc3[nH]2)c1. The maximum Gasteiger partial charge on any atom is 0.355 e. The van der Waals surface area contributed by atoms with E-state index in [1.807, 2.05) is 31.2 Å². The second-order valence-electron chi connectivity index (χ2n) is 6.24. The fourth-order valence-corrected chi connectivity index (χ4v) is 2.93. The Morgan fingerprint density at radius 2 is 1.86 bits per heavy atom. The van der Waals surface area contributed by atoms with Gasteiger partial charge in [0.15, 0.2) is 6.61 Å². The highest BCUT2D eigenvalue weighted by atomic mass is 16.5. The van der Waals surface area contributed by atoms with Crippen LogP contribution in [-0.2, 0) is 9.53 Å². The molecule has 1 amide bonds. The monoisotopic (exact) mass is 382 g/mol. The molecule has 7 heteroatoms. The maximum absolute atomic E-state index is 12.2. The predicted molar refractivity (Wildman–Crippen MR) is 105 cm³/mol. The summed E-state index contributed by atoms with van der Waals surface area (Å²) >= 11 is 0. The van der Waals surface area contributed by atoms with Crippen LogP contribution >= 0.6 is 0 Å². The molecule has 0 aliphatic carbocycles. The molecule has 0 fully saturated rings. The van der Waals surface area contributed by atoms with Crippen LogP contribution in [0.2, 0.25) is 0 Å². The maximum atomic E-state index is 12.2. The number of para-hydroxylation sites is 1. The number of aromatic nitrogens is 1. The molecule has 3 rings (SSSR count). The molecule has 1 aromatic heterocycles. The normalized spacial score (nSPS) is 11.7. The highest BCUT2D eigenvalue weighted by Crippen LogP contribution is 2.29. The van der Waals surface area contributed by atoms with Crippen molar-refractivity contribution in [1.82, 2.24) is 10.3 Å². The Kier molecular flexibility index (Phi) is 5.84. The van der Waals surface area contributed by atoms with Crippen molar-refractivity contribution in [2.45, 2.75) is 13.0 Å². The molecule has 3 aromatic rings. The van der Waals surface area contributed by atoms with E-state index in [4.69, 9.17) is 14.2 Å². The van der Waals surface area contributed by atoms with Crippen molar-refractivity contribution in [3.63, 3.8) is 0 Å². The van der Waals surface area contributed by atoms with Gasteiger partial charge < -0.3 is 24.5 Å². The molecule has 7 nitrogen and oxygen atoms in total. The van der Waals surface area contributed by atoms with Crippen molar-refractivity contribution in [3.8, 4) is 11.5 Å². The molecule has 2 aromatic carbocycles. The summed E-state index contributed by atoms with van der Waals surface area (Å²) in [7, 11) is 3.13. The van der Waals surface area contributed by atoms with Crippen LogP contribution in [0.25, 0.3) is 10.9 Å². The van der Waals surface area contributed by atoms with Gasteiger partial charge in [-0.05, 0) is 37.3 Å². The van der Waals surface area contributed by atoms with Gasteiger partial charge >= 0.3 is 5.97 Å². The van der Waals surface area contributed by atoms with Crippen molar-refractivity contribution in [2.24, 2.45) is 0 Å². The van der Waals surface area contributed by atoms with Crippen LogP contribution in [-0.4, -0.2) is 37.7 Å². The third kappa shape index (κ3) is 4.25. The fourth-order valence-electron chi connectivity index (χ4n) is 2.93. The highest BCUT2D eigenvalue weighted by Gasteiger charge is 2.17. The predicted octanol–water partition coefficient (Wildman–Crippen LogP) is 3.22. The van der Waals surface area contributed by atoms with E-state index < -0.39 is 11.9 Å². The van der Waals surface area contributed by atoms with Gasteiger partial charge in [-0.2, -0.15) is 0 Å². The van der Waals surface area contributed by atoms with Crippen LogP contribution in [0.4, 0.5) is 0 Å². The van der Waals surface area contributed by atoms with Gasteiger partial charge in [-0.25, -0.2) is 4.79 Å². The summed E-state index contributed by atoms with van der Waals surface area (Å²) in [6.45, 7) is 1.43. The third-order valence-corrected chi connectivity index (χ3v) is 4.37. The first-order valence-corrected chi connectivity index (χ1v) is 8.78. The number of H-pyrrole nitrogens is 1. The van der Waals surface area contributed by atoms with Crippen LogP contribution in [0.1, 0.15) is 29.0 Å². The molecule has 2 N–H and O–H groups in total. The zero-order valence-corrected chi connectivity index (χ0v) is 15.9. The van der Waals surface area contributed by atoms with Crippen LogP contribution < -0.4 is 14.8 Å². The molecule has 0 bridgehead atoms. The molecule has 1 heterocycles. The summed E-state index contributed by atoms with van der Waals surface area (Å²) in [5.41, 5.74) is 1.89. The standard InChI is InChI=1S/C21H22N2O5/c1-13(16-11-15(26-2)8-9-19(16)27-3)22-20(24)12-28-21(25)18-10-14-6-4-5-7-17(14)23-18/h4-11,13,23H,12H2,1-3H3,(H,22,24)/t13-/m0/s1. The molecule has 28 heavy (non-hydrogen) atoms. The second kappa shape index (κ2) is 8.47. The first-order chi connectivity index (χ1) is 13.5. The van der Waals surface area contributed by atoms with Crippen LogP contribution in [0.15, 0.2) is 48.5 Å². The third-order valence-electron chi connectivity index (χ3n) is 4.37. The lowest BCUT2D eigenvalue weighted by atomic mass is 10.1. The number of hydrogen-bond acceptors (Lipinski definition) is 5. The second-order valence-corrected chi connectivity index (χ2v) is 6.24. The average Bonchev–Trinajstić information content (AvgIpc) is 3.15. The first-order valence-electron chi connectivity index (χ1n) is 8.78. The van der Waals surface area contributed by atoms with Gasteiger partial charge in [-0.15, -0.1) is 0 Å². The number of aromatic amines is 1. The number of carbonyl (C=O) groups excluding carboxylic acids is 2. The molecule has 0 spiro atoms. The number of methoxy groups -OCH3 is 2. The van der Waals surface area contributed by atoms with E-state index in [-0.39, 0.29) is 12.6 Å². The number of hydrogen-bond donors (Lipinski definition) is 2. The quantitative estimate of drug-likeness (QED) is 0.613. The van der Waals surface area contributed by atoms with Gasteiger partial charge in [0.05, 0.1) is 20.3 Å². The van der Waals surface area contributed by atoms with E-state index in [9.17, 15) is 9.59 Å². The molecule has 0 radical (unpaired) electrons. The van der Waals surface area contributed by atoms with E-state index in [1.165, 1.54) is 0 Å². The fraction of sp³-hybridized carbons (Fsp3) is 0.238. The van der Waals surface area contributed by atoms with Gasteiger partial charge in [-0.1, -0.05) is 18.2 Å². The summed E-state index contributed by atoms with van der Waals surface area (Å²) in [5, 5.41) is 3.69. The zero-order valence-electron chi connectivity index (χ0n) is 15.9. The molecular formula is C21H22N2O5. The minimum atomic E-state index is -0.585. The number of esters is 1. The molecule has 0 saturated heterocycles. The number of rotatable bonds is 7. The summed E-state index contributed by atoms with van der Waals surface area (Å²) in [5.74, 6) is 0.283. The van der Waals surface area contributed by atoms with Crippen molar-refractivity contribution in [3.05, 3.63) is 59.8 Å². The minimum absolute atomic E-state index is 0.302. The van der Waals surface area contributed by atoms with Crippen molar-refractivity contribution >= 4 is 22.8 Å². The largest absolute Gasteiger partial charge is 0.497 e. The number of amides is 1. The molecular weight excluding hydrogens is 360 g/mol. The van der Waals surface area contributed by atoms with E-state index in [0.717, 1.165) is 16.5 Å². The Bertz CT molecular complexity index is 962. The highest BCUT2D eigenvalue weighted by molar-refractivity contribution is 5.95. The number of ether oxygens (including phenoxy) is 3. The van der Waals surface area contributed by atoms with Crippen LogP contribution in [0.3, 0.4) is 0 Å². The van der Waals surface area contributed by atoms with Gasteiger partial charge in [0, 0.05) is 16.5 Å². The lowest BCUT2D eigenvalue weighted by Gasteiger charge is -2.18. The lowest BCUT2D eigenvalue weighted by Crippen LogP contribution is -2.31. The average molecular weight is 382 g/mol. The smallest absolute Gasteiger partial charge is 0.355 e. The Morgan fingerprint density at radius 1 is 1.07 bits per heavy atom.